The molecule has 3 aromatic rings. The largest absolute Gasteiger partial charge is 0.322 e. The van der Waals surface area contributed by atoms with Crippen LogP contribution in [0.15, 0.2) is 54.7 Å². The third-order valence-electron chi connectivity index (χ3n) is 2.75. The van der Waals surface area contributed by atoms with Crippen LogP contribution in [0.25, 0.3) is 10.9 Å². The Morgan fingerprint density at radius 3 is 2.72 bits per heavy atom. The van der Waals surface area contributed by atoms with Gasteiger partial charge in [0.2, 0.25) is 0 Å². The zero-order valence-electron chi connectivity index (χ0n) is 9.55. The van der Waals surface area contributed by atoms with E-state index in [4.69, 9.17) is 0 Å². The predicted molar refractivity (Wildman–Crippen MR) is 70.5 cm³/mol. The number of fused-ring (bicyclic) bond motifs is 1. The Morgan fingerprint density at radius 1 is 1.06 bits per heavy atom. The lowest BCUT2D eigenvalue weighted by molar-refractivity contribution is 0.102. The van der Waals surface area contributed by atoms with Gasteiger partial charge in [0.15, 0.2) is 0 Å². The average molecular weight is 237 g/mol. The predicted octanol–water partition coefficient (Wildman–Crippen LogP) is 2.82. The fourth-order valence-corrected chi connectivity index (χ4v) is 1.88. The number of aromatic amines is 1. The van der Waals surface area contributed by atoms with Crippen molar-refractivity contribution in [1.29, 1.82) is 0 Å². The molecule has 0 aliphatic rings. The van der Waals surface area contributed by atoms with Crippen molar-refractivity contribution in [2.45, 2.75) is 0 Å². The highest BCUT2D eigenvalue weighted by atomic mass is 16.1. The summed E-state index contributed by atoms with van der Waals surface area (Å²) in [4.78, 5) is 12.2. The van der Waals surface area contributed by atoms with Crippen LogP contribution in [0.5, 0.6) is 0 Å². The molecule has 2 N–H and O–H groups in total. The van der Waals surface area contributed by atoms with Crippen LogP contribution in [0, 0.1) is 0 Å². The van der Waals surface area contributed by atoms with Crippen molar-refractivity contribution in [1.82, 2.24) is 10.2 Å². The van der Waals surface area contributed by atoms with Crippen LogP contribution in [0.1, 0.15) is 10.4 Å². The van der Waals surface area contributed by atoms with Gasteiger partial charge in [-0.3, -0.25) is 9.89 Å². The van der Waals surface area contributed by atoms with Crippen molar-refractivity contribution in [3.05, 3.63) is 60.3 Å². The molecule has 1 aromatic heterocycles. The smallest absolute Gasteiger partial charge is 0.257 e. The lowest BCUT2D eigenvalue weighted by atomic mass is 10.1. The first-order valence-corrected chi connectivity index (χ1v) is 5.63. The summed E-state index contributed by atoms with van der Waals surface area (Å²) in [6.07, 6.45) is 1.70. The molecule has 0 saturated heterocycles. The van der Waals surface area contributed by atoms with Crippen LogP contribution in [-0.2, 0) is 0 Å². The number of nitrogens with one attached hydrogen (secondary N) is 2. The number of rotatable bonds is 2. The van der Waals surface area contributed by atoms with Gasteiger partial charge in [0.05, 0.1) is 17.3 Å². The van der Waals surface area contributed by atoms with E-state index in [2.05, 4.69) is 15.5 Å². The molecule has 0 bridgehead atoms. The molecule has 0 aliphatic heterocycles. The molecule has 4 nitrogen and oxygen atoms in total. The molecule has 0 spiro atoms. The summed E-state index contributed by atoms with van der Waals surface area (Å²) in [7, 11) is 0. The molecular weight excluding hydrogens is 226 g/mol. The summed E-state index contributed by atoms with van der Waals surface area (Å²) in [6, 6.07) is 14.9. The molecule has 2 aromatic carbocycles. The molecule has 0 saturated carbocycles. The second-order valence-corrected chi connectivity index (χ2v) is 3.96. The Labute approximate surface area is 104 Å². The zero-order valence-corrected chi connectivity index (χ0v) is 9.55. The molecule has 1 amide bonds. The van der Waals surface area contributed by atoms with Crippen molar-refractivity contribution in [2.75, 3.05) is 5.32 Å². The normalized spacial score (nSPS) is 10.4. The fourth-order valence-electron chi connectivity index (χ4n) is 1.88. The molecule has 0 radical (unpaired) electrons. The fraction of sp³-hybridized carbons (Fsp3) is 0. The van der Waals surface area contributed by atoms with Gasteiger partial charge in [-0.1, -0.05) is 30.3 Å². The Kier molecular flexibility index (Phi) is 2.53. The third kappa shape index (κ3) is 1.84. The minimum atomic E-state index is -0.143. The maximum absolute atomic E-state index is 12.2. The summed E-state index contributed by atoms with van der Waals surface area (Å²) in [5.41, 5.74) is 2.12. The van der Waals surface area contributed by atoms with E-state index in [0.717, 1.165) is 16.6 Å². The number of nitrogens with zero attached hydrogens (tertiary/aromatic N) is 1. The Balaban J connectivity index is 1.95. The van der Waals surface area contributed by atoms with Crippen molar-refractivity contribution >= 4 is 22.5 Å². The number of carbonyl (C=O) groups excluding carboxylic acids is 1. The molecule has 0 fully saturated rings. The lowest BCUT2D eigenvalue weighted by Crippen LogP contribution is -2.12. The van der Waals surface area contributed by atoms with Gasteiger partial charge in [-0.25, -0.2) is 0 Å². The van der Waals surface area contributed by atoms with E-state index >= 15 is 0 Å². The highest BCUT2D eigenvalue weighted by molar-refractivity contribution is 6.11. The van der Waals surface area contributed by atoms with Gasteiger partial charge in [0.1, 0.15) is 0 Å². The number of carbonyl (C=O) groups is 1. The zero-order chi connectivity index (χ0) is 12.4. The molecule has 4 heteroatoms. The van der Waals surface area contributed by atoms with E-state index in [-0.39, 0.29) is 5.91 Å². The van der Waals surface area contributed by atoms with E-state index in [1.807, 2.05) is 42.5 Å². The van der Waals surface area contributed by atoms with Crippen LogP contribution in [-0.4, -0.2) is 16.1 Å². The van der Waals surface area contributed by atoms with Gasteiger partial charge >= 0.3 is 0 Å². The molecule has 88 valence electrons. The Bertz CT molecular complexity index is 688. The average Bonchev–Trinajstić information content (AvgIpc) is 2.87. The molecular formula is C14H11N3O. The first-order valence-electron chi connectivity index (χ1n) is 5.63. The third-order valence-corrected chi connectivity index (χ3v) is 2.75. The second-order valence-electron chi connectivity index (χ2n) is 3.96. The van der Waals surface area contributed by atoms with E-state index in [1.54, 1.807) is 12.3 Å². The first-order chi connectivity index (χ1) is 8.84. The van der Waals surface area contributed by atoms with Crippen molar-refractivity contribution in [2.24, 2.45) is 0 Å². The molecule has 3 rings (SSSR count). The monoisotopic (exact) mass is 237 g/mol. The van der Waals surface area contributed by atoms with E-state index < -0.39 is 0 Å². The van der Waals surface area contributed by atoms with Gasteiger partial charge in [-0.05, 0) is 18.2 Å². The number of benzene rings is 2. The van der Waals surface area contributed by atoms with Gasteiger partial charge < -0.3 is 5.32 Å². The van der Waals surface area contributed by atoms with Crippen LogP contribution in [0.4, 0.5) is 5.69 Å². The van der Waals surface area contributed by atoms with Crippen LogP contribution in [0.2, 0.25) is 0 Å². The molecule has 0 atom stereocenters. The van der Waals surface area contributed by atoms with Gasteiger partial charge in [-0.2, -0.15) is 5.10 Å². The molecule has 1 heterocycles. The van der Waals surface area contributed by atoms with Crippen LogP contribution >= 0.6 is 0 Å². The highest BCUT2D eigenvalue weighted by Gasteiger charge is 2.10. The highest BCUT2D eigenvalue weighted by Crippen LogP contribution is 2.17. The summed E-state index contributed by atoms with van der Waals surface area (Å²) < 4.78 is 0. The second kappa shape index (κ2) is 4.33. The minimum absolute atomic E-state index is 0.143. The van der Waals surface area contributed by atoms with Crippen molar-refractivity contribution < 1.29 is 4.79 Å². The molecule has 18 heavy (non-hydrogen) atoms. The van der Waals surface area contributed by atoms with E-state index in [1.165, 1.54) is 0 Å². The Hall–Kier alpha value is -2.62. The van der Waals surface area contributed by atoms with Crippen molar-refractivity contribution in [3.8, 4) is 0 Å². The Morgan fingerprint density at radius 2 is 1.89 bits per heavy atom. The first kappa shape index (κ1) is 10.5. The molecule has 0 unspecified atom stereocenters. The number of hydrogen-bond acceptors (Lipinski definition) is 2. The number of hydrogen-bond donors (Lipinski definition) is 2. The number of aromatic nitrogens is 2. The van der Waals surface area contributed by atoms with Crippen LogP contribution in [0.3, 0.4) is 0 Å². The number of para-hydroxylation sites is 2. The minimum Gasteiger partial charge on any atom is -0.322 e. The summed E-state index contributed by atoms with van der Waals surface area (Å²) >= 11 is 0. The summed E-state index contributed by atoms with van der Waals surface area (Å²) in [6.45, 7) is 0. The standard InChI is InChI=1S/C14H11N3O/c18-14(16-11-6-2-1-3-7-11)12-8-4-5-10-9-15-17-13(10)12/h1-9H,(H,15,17)(H,16,18). The van der Waals surface area contributed by atoms with Gasteiger partial charge in [-0.15, -0.1) is 0 Å². The quantitative estimate of drug-likeness (QED) is 0.720. The number of amides is 1. The number of H-pyrrole nitrogens is 1. The molecule has 0 aliphatic carbocycles. The lowest BCUT2D eigenvalue weighted by Gasteiger charge is -2.05. The topological polar surface area (TPSA) is 57.8 Å². The number of anilines is 1. The summed E-state index contributed by atoms with van der Waals surface area (Å²) in [5.74, 6) is -0.143. The SMILES string of the molecule is O=C(Nc1ccccc1)c1cccc2cn[nH]c12. The maximum Gasteiger partial charge on any atom is 0.257 e. The van der Waals surface area contributed by atoms with Crippen LogP contribution < -0.4 is 5.32 Å². The van der Waals surface area contributed by atoms with E-state index in [0.29, 0.717) is 5.56 Å². The van der Waals surface area contributed by atoms with Crippen molar-refractivity contribution in [3.63, 3.8) is 0 Å². The van der Waals surface area contributed by atoms with E-state index in [9.17, 15) is 4.79 Å². The van der Waals surface area contributed by atoms with Gasteiger partial charge in [0, 0.05) is 11.1 Å². The maximum atomic E-state index is 12.2. The van der Waals surface area contributed by atoms with Gasteiger partial charge in [0.25, 0.3) is 5.91 Å². The summed E-state index contributed by atoms with van der Waals surface area (Å²) in [5, 5.41) is 10.6.